The van der Waals surface area contributed by atoms with Crippen LogP contribution in [-0.4, -0.2) is 11.7 Å². The van der Waals surface area contributed by atoms with E-state index >= 15 is 0 Å². The number of aryl methyl sites for hydroxylation is 1. The number of rotatable bonds is 9. The Kier molecular flexibility index (Phi) is 7.31. The SMILES string of the molecule is CCCCCCCCCOc1c(O)cc[n+](C)c1C. The second-order valence-corrected chi connectivity index (χ2v) is 5.20. The molecule has 0 atom stereocenters. The molecule has 0 aliphatic rings. The summed E-state index contributed by atoms with van der Waals surface area (Å²) < 4.78 is 7.66. The van der Waals surface area contributed by atoms with Gasteiger partial charge in [0.05, 0.1) is 6.61 Å². The fourth-order valence-electron chi connectivity index (χ4n) is 2.13. The molecule has 0 bridgehead atoms. The molecule has 1 aromatic rings. The second-order valence-electron chi connectivity index (χ2n) is 5.20. The van der Waals surface area contributed by atoms with Crippen molar-refractivity contribution in [2.75, 3.05) is 6.61 Å². The minimum absolute atomic E-state index is 0.235. The van der Waals surface area contributed by atoms with Crippen LogP contribution in [0.1, 0.15) is 57.6 Å². The van der Waals surface area contributed by atoms with Gasteiger partial charge in [-0.25, -0.2) is 4.57 Å². The predicted octanol–water partition coefficient (Wildman–Crippen LogP) is 3.65. The van der Waals surface area contributed by atoms with E-state index in [0.717, 1.165) is 12.1 Å². The Labute approximate surface area is 117 Å². The Morgan fingerprint density at radius 1 is 1.11 bits per heavy atom. The van der Waals surface area contributed by atoms with Gasteiger partial charge in [-0.15, -0.1) is 0 Å². The zero-order valence-corrected chi connectivity index (χ0v) is 12.6. The second kappa shape index (κ2) is 8.78. The predicted molar refractivity (Wildman–Crippen MR) is 77.5 cm³/mol. The lowest BCUT2D eigenvalue weighted by Crippen LogP contribution is -2.31. The average Bonchev–Trinajstić information content (AvgIpc) is 2.40. The zero-order chi connectivity index (χ0) is 14.1. The van der Waals surface area contributed by atoms with E-state index in [9.17, 15) is 5.11 Å². The van der Waals surface area contributed by atoms with Gasteiger partial charge >= 0.3 is 0 Å². The summed E-state index contributed by atoms with van der Waals surface area (Å²) in [5.74, 6) is 0.856. The molecule has 0 amide bonds. The lowest BCUT2D eigenvalue weighted by molar-refractivity contribution is -0.678. The highest BCUT2D eigenvalue weighted by atomic mass is 16.5. The van der Waals surface area contributed by atoms with E-state index in [1.54, 1.807) is 6.07 Å². The maximum Gasteiger partial charge on any atom is 0.228 e. The quantitative estimate of drug-likeness (QED) is 0.546. The first-order chi connectivity index (χ1) is 9.16. The third-order valence-electron chi connectivity index (χ3n) is 3.54. The van der Waals surface area contributed by atoms with Gasteiger partial charge in [-0.05, 0) is 6.42 Å². The number of nitrogens with zero attached hydrogens (tertiary/aromatic N) is 1. The van der Waals surface area contributed by atoms with Crippen LogP contribution in [-0.2, 0) is 7.05 Å². The highest BCUT2D eigenvalue weighted by Gasteiger charge is 2.14. The molecule has 3 heteroatoms. The average molecular weight is 266 g/mol. The van der Waals surface area contributed by atoms with Crippen molar-refractivity contribution in [2.24, 2.45) is 7.05 Å². The molecule has 0 radical (unpaired) electrons. The van der Waals surface area contributed by atoms with Crippen LogP contribution in [0, 0.1) is 6.92 Å². The molecule has 0 spiro atoms. The molecule has 0 saturated carbocycles. The number of aromatic hydroxyl groups is 1. The van der Waals surface area contributed by atoms with E-state index in [1.807, 2.05) is 24.7 Å². The van der Waals surface area contributed by atoms with Gasteiger partial charge in [-0.3, -0.25) is 0 Å². The van der Waals surface area contributed by atoms with Gasteiger partial charge < -0.3 is 9.84 Å². The molecule has 0 aromatic carbocycles. The Balaban J connectivity index is 2.21. The number of unbranched alkanes of at least 4 members (excludes halogenated alkanes) is 6. The van der Waals surface area contributed by atoms with Gasteiger partial charge in [0.25, 0.3) is 0 Å². The summed E-state index contributed by atoms with van der Waals surface area (Å²) in [6.45, 7) is 4.88. The summed E-state index contributed by atoms with van der Waals surface area (Å²) in [4.78, 5) is 0. The van der Waals surface area contributed by atoms with Crippen LogP contribution in [0.15, 0.2) is 12.3 Å². The van der Waals surface area contributed by atoms with Crippen LogP contribution in [0.4, 0.5) is 0 Å². The summed E-state index contributed by atoms with van der Waals surface area (Å²) in [5, 5.41) is 9.78. The zero-order valence-electron chi connectivity index (χ0n) is 12.6. The molecule has 0 fully saturated rings. The summed E-state index contributed by atoms with van der Waals surface area (Å²) in [7, 11) is 1.95. The standard InChI is InChI=1S/C16H27NO2/c1-4-5-6-7-8-9-10-13-19-16-14(2)17(3)12-11-15(16)18/h11-12H,4-10,13H2,1-3H3/p+1. The first-order valence-corrected chi connectivity index (χ1v) is 7.47. The summed E-state index contributed by atoms with van der Waals surface area (Å²) >= 11 is 0. The summed E-state index contributed by atoms with van der Waals surface area (Å²) in [5.41, 5.74) is 0.961. The topological polar surface area (TPSA) is 33.3 Å². The molecular weight excluding hydrogens is 238 g/mol. The van der Waals surface area contributed by atoms with Crippen molar-refractivity contribution in [2.45, 2.75) is 58.8 Å². The molecule has 3 nitrogen and oxygen atoms in total. The van der Waals surface area contributed by atoms with E-state index in [4.69, 9.17) is 4.74 Å². The van der Waals surface area contributed by atoms with Crippen LogP contribution in [0.2, 0.25) is 0 Å². The molecule has 1 rings (SSSR count). The lowest BCUT2D eigenvalue weighted by atomic mass is 10.1. The summed E-state index contributed by atoms with van der Waals surface area (Å²) in [6.07, 6.45) is 10.7. The fraction of sp³-hybridized carbons (Fsp3) is 0.688. The third-order valence-corrected chi connectivity index (χ3v) is 3.54. The van der Waals surface area contributed by atoms with Crippen molar-refractivity contribution in [3.05, 3.63) is 18.0 Å². The minimum Gasteiger partial charge on any atom is -0.504 e. The van der Waals surface area contributed by atoms with Gasteiger partial charge in [0.1, 0.15) is 7.05 Å². The molecule has 1 heterocycles. The number of pyridine rings is 1. The fourth-order valence-corrected chi connectivity index (χ4v) is 2.13. The van der Waals surface area contributed by atoms with E-state index in [1.165, 1.54) is 38.5 Å². The Bertz CT molecular complexity index is 377. The van der Waals surface area contributed by atoms with Gasteiger partial charge in [-0.1, -0.05) is 45.4 Å². The molecule has 0 aliphatic heterocycles. The smallest absolute Gasteiger partial charge is 0.228 e. The maximum absolute atomic E-state index is 9.78. The van der Waals surface area contributed by atoms with Crippen molar-refractivity contribution in [1.29, 1.82) is 0 Å². The molecule has 108 valence electrons. The van der Waals surface area contributed by atoms with Gasteiger partial charge in [0, 0.05) is 13.0 Å². The number of hydrogen-bond donors (Lipinski definition) is 1. The van der Waals surface area contributed by atoms with Crippen molar-refractivity contribution in [3.63, 3.8) is 0 Å². The van der Waals surface area contributed by atoms with Gasteiger partial charge in [0.15, 0.2) is 11.9 Å². The molecule has 1 aromatic heterocycles. The van der Waals surface area contributed by atoms with Crippen LogP contribution in [0.3, 0.4) is 0 Å². The number of aromatic nitrogens is 1. The monoisotopic (exact) mass is 266 g/mol. The van der Waals surface area contributed by atoms with E-state index < -0.39 is 0 Å². The normalized spacial score (nSPS) is 10.7. The van der Waals surface area contributed by atoms with Crippen LogP contribution < -0.4 is 9.30 Å². The molecule has 1 N–H and O–H groups in total. The molecule has 0 saturated heterocycles. The number of ether oxygens (including phenoxy) is 1. The Morgan fingerprint density at radius 3 is 2.42 bits per heavy atom. The van der Waals surface area contributed by atoms with E-state index in [2.05, 4.69) is 6.92 Å². The van der Waals surface area contributed by atoms with Crippen LogP contribution >= 0.6 is 0 Å². The van der Waals surface area contributed by atoms with Gasteiger partial charge in [-0.2, -0.15) is 0 Å². The Hall–Kier alpha value is -1.25. The molecule has 0 aliphatic carbocycles. The van der Waals surface area contributed by atoms with E-state index in [0.29, 0.717) is 12.4 Å². The van der Waals surface area contributed by atoms with Crippen molar-refractivity contribution < 1.29 is 14.4 Å². The first kappa shape index (κ1) is 15.8. The molecule has 19 heavy (non-hydrogen) atoms. The highest BCUT2D eigenvalue weighted by molar-refractivity contribution is 5.38. The number of hydrogen-bond acceptors (Lipinski definition) is 2. The molecule has 0 unspecified atom stereocenters. The Morgan fingerprint density at radius 2 is 1.74 bits per heavy atom. The lowest BCUT2D eigenvalue weighted by Gasteiger charge is -2.08. The summed E-state index contributed by atoms with van der Waals surface area (Å²) in [6, 6.07) is 1.67. The minimum atomic E-state index is 0.235. The van der Waals surface area contributed by atoms with Crippen molar-refractivity contribution >= 4 is 0 Å². The highest BCUT2D eigenvalue weighted by Crippen LogP contribution is 2.26. The first-order valence-electron chi connectivity index (χ1n) is 7.47. The van der Waals surface area contributed by atoms with Gasteiger partial charge in [0.2, 0.25) is 11.4 Å². The largest absolute Gasteiger partial charge is 0.504 e. The molecular formula is C16H28NO2+. The van der Waals surface area contributed by atoms with Crippen LogP contribution in [0.25, 0.3) is 0 Å². The van der Waals surface area contributed by atoms with E-state index in [-0.39, 0.29) is 5.75 Å². The van der Waals surface area contributed by atoms with Crippen molar-refractivity contribution in [3.8, 4) is 11.5 Å². The van der Waals surface area contributed by atoms with Crippen LogP contribution in [0.5, 0.6) is 11.5 Å². The maximum atomic E-state index is 9.78. The van der Waals surface area contributed by atoms with Crippen molar-refractivity contribution in [1.82, 2.24) is 0 Å². The third kappa shape index (κ3) is 5.50.